The molecular formula is C50H56N4O10. The van der Waals surface area contributed by atoms with Gasteiger partial charge in [-0.1, -0.05) is 85.5 Å². The number of amides is 3. The number of carbonyl (C=O) groups is 5. The molecule has 3 N–H and O–H groups in total. The van der Waals surface area contributed by atoms with E-state index in [-0.39, 0.29) is 57.4 Å². The molecule has 0 heterocycles. The Hall–Kier alpha value is -7.22. The Morgan fingerprint density at radius 3 is 1.88 bits per heavy atom. The Morgan fingerprint density at radius 1 is 0.734 bits per heavy atom. The number of anilines is 1. The Kier molecular flexibility index (Phi) is 16.6. The zero-order valence-electron chi connectivity index (χ0n) is 37.2. The molecule has 0 saturated heterocycles. The van der Waals surface area contributed by atoms with Crippen molar-refractivity contribution in [2.75, 3.05) is 25.1 Å². The van der Waals surface area contributed by atoms with Crippen LogP contribution in [0.3, 0.4) is 0 Å². The van der Waals surface area contributed by atoms with Crippen molar-refractivity contribution in [3.63, 3.8) is 0 Å². The third-order valence-electron chi connectivity index (χ3n) is 9.35. The average Bonchev–Trinajstić information content (AvgIpc) is 3.23. The molecule has 336 valence electrons. The number of hydrogen-bond donors (Lipinski definition) is 3. The SMILES string of the molecule is C=CCOc1ccc2ccccc2c1-c1c(OCC(=O)C[C@H](CCCN=C(NC(=O)OC(C)(C)C)NC(=O)OC(C)(C)C)C(=O)Nc2cccc(COC=O)c2)ccc2ccccc12. The first kappa shape index (κ1) is 47.8. The molecule has 0 saturated carbocycles. The minimum Gasteiger partial charge on any atom is -0.489 e. The van der Waals surface area contributed by atoms with E-state index >= 15 is 0 Å². The third-order valence-corrected chi connectivity index (χ3v) is 9.35. The molecule has 0 radical (unpaired) electrons. The number of nitrogens with one attached hydrogen (secondary N) is 3. The lowest BCUT2D eigenvalue weighted by Gasteiger charge is -2.22. The fourth-order valence-corrected chi connectivity index (χ4v) is 6.78. The summed E-state index contributed by atoms with van der Waals surface area (Å²) in [6.45, 7) is 14.3. The molecule has 0 spiro atoms. The van der Waals surface area contributed by atoms with E-state index in [1.807, 2.05) is 72.8 Å². The van der Waals surface area contributed by atoms with Gasteiger partial charge in [0.1, 0.15) is 42.5 Å². The largest absolute Gasteiger partial charge is 0.489 e. The normalized spacial score (nSPS) is 11.7. The minimum atomic E-state index is -0.852. The summed E-state index contributed by atoms with van der Waals surface area (Å²) < 4.78 is 28.2. The fourth-order valence-electron chi connectivity index (χ4n) is 6.78. The molecule has 5 rings (SSSR count). The number of carbonyl (C=O) groups excluding carboxylic acids is 5. The van der Waals surface area contributed by atoms with Gasteiger partial charge in [0.25, 0.3) is 6.47 Å². The molecular weight excluding hydrogens is 817 g/mol. The number of guanidine groups is 1. The smallest absolute Gasteiger partial charge is 0.414 e. The highest BCUT2D eigenvalue weighted by molar-refractivity contribution is 6.10. The van der Waals surface area contributed by atoms with Crippen LogP contribution in [-0.4, -0.2) is 67.3 Å². The quantitative estimate of drug-likeness (QED) is 0.0192. The molecule has 1 atom stereocenters. The number of aliphatic imine (C=N–C) groups is 1. The van der Waals surface area contributed by atoms with Crippen molar-refractivity contribution in [2.24, 2.45) is 10.9 Å². The summed E-state index contributed by atoms with van der Waals surface area (Å²) in [5.41, 5.74) is 1.00. The van der Waals surface area contributed by atoms with E-state index in [9.17, 15) is 24.0 Å². The number of ketones is 1. The van der Waals surface area contributed by atoms with E-state index in [0.717, 1.165) is 32.7 Å². The second kappa shape index (κ2) is 22.2. The molecule has 0 unspecified atom stereocenters. The lowest BCUT2D eigenvalue weighted by Crippen LogP contribution is -2.47. The second-order valence-electron chi connectivity index (χ2n) is 16.9. The Morgan fingerprint density at radius 2 is 1.31 bits per heavy atom. The van der Waals surface area contributed by atoms with Crippen LogP contribution in [0.1, 0.15) is 66.4 Å². The molecule has 0 fully saturated rings. The van der Waals surface area contributed by atoms with E-state index in [1.165, 1.54) is 0 Å². The zero-order chi connectivity index (χ0) is 46.3. The maximum Gasteiger partial charge on any atom is 0.414 e. The van der Waals surface area contributed by atoms with Gasteiger partial charge < -0.3 is 29.0 Å². The Labute approximate surface area is 373 Å². The number of Topliss-reactive ketones (excluding diaryl/α,β-unsaturated/α-hetero) is 1. The number of ether oxygens (including phenoxy) is 5. The van der Waals surface area contributed by atoms with Crippen LogP contribution in [0, 0.1) is 5.92 Å². The molecule has 0 aliphatic rings. The van der Waals surface area contributed by atoms with Gasteiger partial charge in [-0.15, -0.1) is 0 Å². The standard InChI is InChI=1S/C50H56N4O10/c1-8-27-61-41-24-22-34-16-9-11-20-39(34)43(41)44-40-21-12-10-17-35(40)23-25-42(44)62-31-38(56)29-36(45(57)52-37-19-13-15-33(28-37)30-60-32-55)18-14-26-51-46(53-47(58)63-49(2,3)4)54-48(59)64-50(5,6)7/h8-13,15-17,19-25,28,32,36H,1,14,18,26-27,29-31H2,2-7H3,(H,52,57)(H2,51,53,54,58,59)/t36-/m0/s1. The summed E-state index contributed by atoms with van der Waals surface area (Å²) in [6, 6.07) is 30.4. The van der Waals surface area contributed by atoms with Crippen LogP contribution in [0.4, 0.5) is 15.3 Å². The highest BCUT2D eigenvalue weighted by Crippen LogP contribution is 2.45. The molecule has 5 aromatic carbocycles. The Balaban J connectivity index is 1.40. The summed E-state index contributed by atoms with van der Waals surface area (Å²) in [6.07, 6.45) is 0.244. The van der Waals surface area contributed by atoms with Crippen molar-refractivity contribution in [2.45, 2.75) is 78.6 Å². The topological polar surface area (TPSA) is 180 Å². The van der Waals surface area contributed by atoms with Crippen molar-refractivity contribution in [1.29, 1.82) is 0 Å². The van der Waals surface area contributed by atoms with Gasteiger partial charge >= 0.3 is 12.2 Å². The lowest BCUT2D eigenvalue weighted by atomic mass is 9.92. The van der Waals surface area contributed by atoms with Crippen LogP contribution in [0.25, 0.3) is 32.7 Å². The van der Waals surface area contributed by atoms with E-state index < -0.39 is 35.2 Å². The van der Waals surface area contributed by atoms with Crippen LogP contribution in [0.15, 0.2) is 115 Å². The predicted octanol–water partition coefficient (Wildman–Crippen LogP) is 9.68. The zero-order valence-corrected chi connectivity index (χ0v) is 37.2. The molecule has 14 heteroatoms. The second-order valence-corrected chi connectivity index (χ2v) is 16.9. The van der Waals surface area contributed by atoms with Crippen molar-refractivity contribution in [1.82, 2.24) is 10.6 Å². The van der Waals surface area contributed by atoms with E-state index in [1.54, 1.807) is 71.9 Å². The van der Waals surface area contributed by atoms with Crippen LogP contribution >= 0.6 is 0 Å². The third kappa shape index (κ3) is 14.4. The van der Waals surface area contributed by atoms with E-state index in [4.69, 9.17) is 23.7 Å². The summed E-state index contributed by atoms with van der Waals surface area (Å²) in [5, 5.41) is 11.6. The number of alkyl carbamates (subject to hydrolysis) is 2. The summed E-state index contributed by atoms with van der Waals surface area (Å²) in [7, 11) is 0. The lowest BCUT2D eigenvalue weighted by molar-refractivity contribution is -0.129. The minimum absolute atomic E-state index is 0.0128. The first-order valence-corrected chi connectivity index (χ1v) is 20.9. The molecule has 0 bridgehead atoms. The van der Waals surface area contributed by atoms with Crippen LogP contribution in [0.5, 0.6) is 11.5 Å². The number of nitrogens with zero attached hydrogens (tertiary/aromatic N) is 1. The van der Waals surface area contributed by atoms with Crippen molar-refractivity contribution >= 4 is 63.5 Å². The summed E-state index contributed by atoms with van der Waals surface area (Å²) >= 11 is 0. The number of rotatable bonds is 18. The number of fused-ring (bicyclic) bond motifs is 2. The number of hydrogen-bond acceptors (Lipinski definition) is 11. The van der Waals surface area contributed by atoms with Crippen molar-refractivity contribution < 1.29 is 47.7 Å². The van der Waals surface area contributed by atoms with Gasteiger partial charge in [0.05, 0.1) is 0 Å². The van der Waals surface area contributed by atoms with E-state index in [2.05, 4.69) is 27.5 Å². The molecule has 0 aliphatic carbocycles. The van der Waals surface area contributed by atoms with Crippen molar-refractivity contribution in [3.05, 3.63) is 115 Å². The van der Waals surface area contributed by atoms with Gasteiger partial charge in [-0.2, -0.15) is 0 Å². The number of benzene rings is 5. The molecule has 0 aromatic heterocycles. The van der Waals surface area contributed by atoms with Gasteiger partial charge in [-0.3, -0.25) is 30.0 Å². The average molecular weight is 873 g/mol. The Bertz CT molecular complexity index is 2470. The maximum absolute atomic E-state index is 14.0. The van der Waals surface area contributed by atoms with Gasteiger partial charge in [-0.05, 0) is 106 Å². The monoisotopic (exact) mass is 872 g/mol. The maximum atomic E-state index is 14.0. The molecule has 14 nitrogen and oxygen atoms in total. The molecule has 0 aliphatic heterocycles. The first-order valence-electron chi connectivity index (χ1n) is 20.9. The summed E-state index contributed by atoms with van der Waals surface area (Å²) in [4.78, 5) is 68.4. The first-order chi connectivity index (χ1) is 30.5. The van der Waals surface area contributed by atoms with Crippen molar-refractivity contribution in [3.8, 4) is 22.6 Å². The molecule has 64 heavy (non-hydrogen) atoms. The van der Waals surface area contributed by atoms with E-state index in [0.29, 0.717) is 29.2 Å². The van der Waals surface area contributed by atoms with Crippen LogP contribution < -0.4 is 25.4 Å². The fraction of sp³-hybridized carbons (Fsp3) is 0.320. The predicted molar refractivity (Wildman–Crippen MR) is 247 cm³/mol. The van der Waals surface area contributed by atoms with Gasteiger partial charge in [0.2, 0.25) is 11.9 Å². The van der Waals surface area contributed by atoms with Gasteiger partial charge in [0.15, 0.2) is 5.78 Å². The van der Waals surface area contributed by atoms with Crippen LogP contribution in [0.2, 0.25) is 0 Å². The highest BCUT2D eigenvalue weighted by atomic mass is 16.6. The van der Waals surface area contributed by atoms with Gasteiger partial charge in [-0.25, -0.2) is 9.59 Å². The van der Waals surface area contributed by atoms with Gasteiger partial charge in [0, 0.05) is 35.7 Å². The summed E-state index contributed by atoms with van der Waals surface area (Å²) in [5.74, 6) is -0.752. The highest BCUT2D eigenvalue weighted by Gasteiger charge is 2.25. The molecule has 5 aromatic rings. The molecule has 3 amide bonds. The van der Waals surface area contributed by atoms with Crippen LogP contribution in [-0.2, 0) is 35.2 Å².